The molecule has 3 amide bonds. The lowest BCUT2D eigenvalue weighted by molar-refractivity contribution is -0.136. The van der Waals surface area contributed by atoms with E-state index in [1.165, 1.54) is 7.05 Å². The summed E-state index contributed by atoms with van der Waals surface area (Å²) in [4.78, 5) is 48.6. The van der Waals surface area contributed by atoms with Crippen LogP contribution in [0, 0.1) is 0 Å². The number of fused-ring (bicyclic) bond motifs is 4. The number of carbonyl (C=O) groups excluding carboxylic acids is 2. The molecule has 9 nitrogen and oxygen atoms in total. The molecule has 1 fully saturated rings. The van der Waals surface area contributed by atoms with Crippen molar-refractivity contribution in [2.45, 2.75) is 44.1 Å². The average Bonchev–Trinajstić information content (AvgIpc) is 3.40. The minimum absolute atomic E-state index is 0.0606. The lowest BCUT2D eigenvalue weighted by Gasteiger charge is -2.36. The van der Waals surface area contributed by atoms with Crippen LogP contribution in [-0.4, -0.2) is 51.5 Å². The predicted molar refractivity (Wildman–Crippen MR) is 150 cm³/mol. The van der Waals surface area contributed by atoms with Crippen molar-refractivity contribution >= 4 is 40.9 Å². The summed E-state index contributed by atoms with van der Waals surface area (Å²) in [5.41, 5.74) is 3.34. The smallest absolute Gasteiger partial charge is 0.411 e. The number of aromatic amines is 1. The second kappa shape index (κ2) is 11.3. The number of imidazole rings is 1. The van der Waals surface area contributed by atoms with Crippen LogP contribution in [-0.2, 0) is 9.59 Å². The fourth-order valence-corrected chi connectivity index (χ4v) is 5.41. The van der Waals surface area contributed by atoms with Crippen LogP contribution in [0.5, 0.6) is 0 Å². The van der Waals surface area contributed by atoms with Crippen LogP contribution in [0.15, 0.2) is 60.8 Å². The molecule has 202 valence electrons. The number of nitrogens with zero attached hydrogens (tertiary/aromatic N) is 3. The van der Waals surface area contributed by atoms with Crippen molar-refractivity contribution in [3.63, 3.8) is 0 Å². The van der Waals surface area contributed by atoms with Crippen LogP contribution in [0.25, 0.3) is 11.3 Å². The highest BCUT2D eigenvalue weighted by molar-refractivity contribution is 6.30. The van der Waals surface area contributed by atoms with Crippen molar-refractivity contribution in [1.82, 2.24) is 14.9 Å². The van der Waals surface area contributed by atoms with E-state index in [9.17, 15) is 19.5 Å². The Labute approximate surface area is 231 Å². The van der Waals surface area contributed by atoms with Gasteiger partial charge in [-0.1, -0.05) is 35.9 Å². The highest BCUT2D eigenvalue weighted by Crippen LogP contribution is 2.37. The van der Waals surface area contributed by atoms with Crippen molar-refractivity contribution in [2.75, 3.05) is 23.8 Å². The normalized spacial score (nSPS) is 20.6. The largest absolute Gasteiger partial charge is 0.465 e. The van der Waals surface area contributed by atoms with Crippen LogP contribution >= 0.6 is 11.6 Å². The maximum atomic E-state index is 13.4. The summed E-state index contributed by atoms with van der Waals surface area (Å²) in [6.07, 6.45) is 7.13. The average molecular weight is 548 g/mol. The molecule has 10 heteroatoms. The standard InChI is InChI=1S/C29H30ClN5O4/c1-34(29(38)39)21-10-11-22-23(16-21)32-26(36)9-4-2-3-8-25(28-31-17-24(22)33-28)35-13-12-19(15-27(35)37)18-6-5-7-20(30)14-18/h2-3,5-7,10-11,14,16-17,19,25H,4,8-9,12-13,15H2,1H3,(H,31,33)(H,32,36)(H,38,39)/b3-2+/t19?,25-/m0/s1. The number of hydrogen-bond acceptors (Lipinski definition) is 4. The van der Waals surface area contributed by atoms with Gasteiger partial charge in [-0.05, 0) is 61.1 Å². The molecule has 3 N–H and O–H groups in total. The molecule has 0 aliphatic carbocycles. The van der Waals surface area contributed by atoms with Gasteiger partial charge in [-0.3, -0.25) is 14.5 Å². The molecule has 2 aromatic carbocycles. The third kappa shape index (κ3) is 5.83. The third-order valence-corrected chi connectivity index (χ3v) is 7.61. The minimum Gasteiger partial charge on any atom is -0.465 e. The number of allylic oxidation sites excluding steroid dienone is 1. The van der Waals surface area contributed by atoms with E-state index >= 15 is 0 Å². The summed E-state index contributed by atoms with van der Waals surface area (Å²) >= 11 is 6.19. The number of aromatic nitrogens is 2. The number of nitrogens with one attached hydrogen (secondary N) is 2. The molecule has 2 bridgehead atoms. The van der Waals surface area contributed by atoms with Crippen molar-refractivity contribution in [2.24, 2.45) is 0 Å². The quantitative estimate of drug-likeness (QED) is 0.349. The minimum atomic E-state index is -1.11. The van der Waals surface area contributed by atoms with Gasteiger partial charge in [0.1, 0.15) is 5.82 Å². The first-order valence-electron chi connectivity index (χ1n) is 13.0. The zero-order valence-electron chi connectivity index (χ0n) is 21.6. The maximum absolute atomic E-state index is 13.4. The van der Waals surface area contributed by atoms with E-state index < -0.39 is 6.09 Å². The first-order valence-corrected chi connectivity index (χ1v) is 13.3. The zero-order valence-corrected chi connectivity index (χ0v) is 22.3. The number of hydrogen-bond donors (Lipinski definition) is 3. The molecule has 0 saturated carbocycles. The van der Waals surface area contributed by atoms with Crippen LogP contribution in [0.2, 0.25) is 5.02 Å². The molecule has 0 spiro atoms. The van der Waals surface area contributed by atoms with E-state index in [-0.39, 0.29) is 30.2 Å². The van der Waals surface area contributed by atoms with Gasteiger partial charge in [0.05, 0.1) is 23.6 Å². The Morgan fingerprint density at radius 1 is 1.18 bits per heavy atom. The van der Waals surface area contributed by atoms with Gasteiger partial charge in [-0.15, -0.1) is 0 Å². The highest BCUT2D eigenvalue weighted by Gasteiger charge is 2.33. The van der Waals surface area contributed by atoms with Crippen molar-refractivity contribution in [1.29, 1.82) is 0 Å². The van der Waals surface area contributed by atoms with Crippen LogP contribution in [0.4, 0.5) is 16.2 Å². The Morgan fingerprint density at radius 3 is 2.79 bits per heavy atom. The van der Waals surface area contributed by atoms with Gasteiger partial charge in [0.25, 0.3) is 0 Å². The number of carboxylic acid groups (broad SMARTS) is 1. The first kappa shape index (κ1) is 26.5. The van der Waals surface area contributed by atoms with Gasteiger partial charge >= 0.3 is 6.09 Å². The van der Waals surface area contributed by atoms with E-state index in [1.54, 1.807) is 24.4 Å². The van der Waals surface area contributed by atoms with E-state index in [1.807, 2.05) is 41.3 Å². The molecule has 1 unspecified atom stereocenters. The monoisotopic (exact) mass is 547 g/mol. The Bertz CT molecular complexity index is 1430. The molecule has 39 heavy (non-hydrogen) atoms. The highest BCUT2D eigenvalue weighted by atomic mass is 35.5. The predicted octanol–water partition coefficient (Wildman–Crippen LogP) is 5.97. The topological polar surface area (TPSA) is 119 Å². The summed E-state index contributed by atoms with van der Waals surface area (Å²) < 4.78 is 0. The number of piperidine rings is 1. The number of carbonyl (C=O) groups is 3. The first-order chi connectivity index (χ1) is 18.8. The molecule has 2 aliphatic rings. The lowest BCUT2D eigenvalue weighted by Crippen LogP contribution is -2.41. The van der Waals surface area contributed by atoms with Crippen molar-refractivity contribution in [3.8, 4) is 11.3 Å². The van der Waals surface area contributed by atoms with E-state index in [0.717, 1.165) is 16.9 Å². The van der Waals surface area contributed by atoms with E-state index in [0.29, 0.717) is 59.3 Å². The van der Waals surface area contributed by atoms with Crippen molar-refractivity contribution in [3.05, 3.63) is 77.2 Å². The van der Waals surface area contributed by atoms with Crippen molar-refractivity contribution < 1.29 is 19.5 Å². The van der Waals surface area contributed by atoms with Gasteiger partial charge in [0, 0.05) is 42.7 Å². The molecule has 2 aliphatic heterocycles. The number of anilines is 2. The maximum Gasteiger partial charge on any atom is 0.411 e. The summed E-state index contributed by atoms with van der Waals surface area (Å²) in [6, 6.07) is 12.5. The summed E-state index contributed by atoms with van der Waals surface area (Å²) in [6.45, 7) is 0.589. The van der Waals surface area contributed by atoms with Gasteiger partial charge in [0.15, 0.2) is 0 Å². The molecule has 0 radical (unpaired) electrons. The molecular formula is C29H30ClN5O4. The van der Waals surface area contributed by atoms with Gasteiger partial charge in [-0.2, -0.15) is 0 Å². The molecule has 5 rings (SSSR count). The zero-order chi connectivity index (χ0) is 27.5. The number of likely N-dealkylation sites (tertiary alicyclic amines) is 1. The summed E-state index contributed by atoms with van der Waals surface area (Å²) in [5.74, 6) is 0.662. The van der Waals surface area contributed by atoms with Gasteiger partial charge in [-0.25, -0.2) is 9.78 Å². The molecular weight excluding hydrogens is 518 g/mol. The van der Waals surface area contributed by atoms with Crippen LogP contribution in [0.3, 0.4) is 0 Å². The number of rotatable bonds is 3. The van der Waals surface area contributed by atoms with Crippen LogP contribution in [0.1, 0.15) is 55.5 Å². The molecule has 2 atom stereocenters. The summed E-state index contributed by atoms with van der Waals surface area (Å²) in [5, 5.41) is 13.0. The third-order valence-electron chi connectivity index (χ3n) is 7.37. The molecule has 1 aromatic heterocycles. The Balaban J connectivity index is 1.45. The fourth-order valence-electron chi connectivity index (χ4n) is 5.21. The SMILES string of the molecule is CN(C(=O)O)c1ccc2c(c1)NC(=O)CC/C=C/C[C@H](N1CCC(c3cccc(Cl)c3)CC1=O)c1ncc-2[nH]1. The van der Waals surface area contributed by atoms with E-state index in [2.05, 4.69) is 15.3 Å². The van der Waals surface area contributed by atoms with Crippen LogP contribution < -0.4 is 10.2 Å². The Kier molecular flexibility index (Phi) is 7.70. The Morgan fingerprint density at radius 2 is 2.03 bits per heavy atom. The Hall–Kier alpha value is -4.11. The molecule has 1 saturated heterocycles. The second-order valence-corrected chi connectivity index (χ2v) is 10.3. The number of H-pyrrole nitrogens is 1. The lowest BCUT2D eigenvalue weighted by atomic mass is 9.88. The number of halogens is 1. The number of benzene rings is 2. The second-order valence-electron chi connectivity index (χ2n) is 9.90. The summed E-state index contributed by atoms with van der Waals surface area (Å²) in [7, 11) is 1.45. The fraction of sp³-hybridized carbons (Fsp3) is 0.310. The van der Waals surface area contributed by atoms with Gasteiger partial charge < -0.3 is 20.3 Å². The van der Waals surface area contributed by atoms with Gasteiger partial charge in [0.2, 0.25) is 11.8 Å². The molecule has 3 heterocycles. The molecule has 3 aromatic rings. The number of amides is 3. The van der Waals surface area contributed by atoms with E-state index in [4.69, 9.17) is 11.6 Å².